The van der Waals surface area contributed by atoms with E-state index in [2.05, 4.69) is 27.7 Å². The Labute approximate surface area is 181 Å². The molecule has 0 aliphatic carbocycles. The van der Waals surface area contributed by atoms with Gasteiger partial charge in [0.25, 0.3) is 5.91 Å². The molecule has 0 radical (unpaired) electrons. The molecule has 2 amide bonds. The van der Waals surface area contributed by atoms with Gasteiger partial charge in [-0.15, -0.1) is 11.3 Å². The number of hydrogen-bond donors (Lipinski definition) is 2. The average Bonchev–Trinajstić information content (AvgIpc) is 3.27. The molecular weight excluding hydrogens is 394 g/mol. The Morgan fingerprint density at radius 1 is 0.933 bits per heavy atom. The van der Waals surface area contributed by atoms with Crippen molar-refractivity contribution in [3.63, 3.8) is 0 Å². The van der Waals surface area contributed by atoms with Crippen LogP contribution in [0.2, 0.25) is 0 Å². The van der Waals surface area contributed by atoms with Gasteiger partial charge in [-0.3, -0.25) is 9.59 Å². The fraction of sp³-hybridized carbons (Fsp3) is 0.250. The van der Waals surface area contributed by atoms with Crippen molar-refractivity contribution in [3.05, 3.63) is 93.7 Å². The summed E-state index contributed by atoms with van der Waals surface area (Å²) in [5.74, 6) is -0.421. The van der Waals surface area contributed by atoms with Gasteiger partial charge >= 0.3 is 0 Å². The number of hydrogen-bond acceptors (Lipinski definition) is 4. The fourth-order valence-corrected chi connectivity index (χ4v) is 3.84. The lowest BCUT2D eigenvalue weighted by Crippen LogP contribution is -2.47. The van der Waals surface area contributed by atoms with E-state index in [1.165, 1.54) is 16.9 Å². The summed E-state index contributed by atoms with van der Waals surface area (Å²) in [6, 6.07) is 20.8. The Bertz CT molecular complexity index is 956. The number of amides is 2. The molecule has 156 valence electrons. The Morgan fingerprint density at radius 2 is 1.67 bits per heavy atom. The van der Waals surface area contributed by atoms with Gasteiger partial charge in [-0.2, -0.15) is 0 Å². The molecule has 1 unspecified atom stereocenters. The van der Waals surface area contributed by atoms with Gasteiger partial charge in [-0.05, 0) is 42.2 Å². The van der Waals surface area contributed by atoms with Crippen LogP contribution >= 0.6 is 11.3 Å². The molecule has 6 heteroatoms. The lowest BCUT2D eigenvalue weighted by atomic mass is 10.0. The molecule has 3 rings (SSSR count). The van der Waals surface area contributed by atoms with Gasteiger partial charge in [0.2, 0.25) is 5.91 Å². The van der Waals surface area contributed by atoms with E-state index in [1.54, 1.807) is 6.07 Å². The molecule has 0 aliphatic heterocycles. The van der Waals surface area contributed by atoms with Crippen molar-refractivity contribution in [3.8, 4) is 0 Å². The third kappa shape index (κ3) is 6.54. The van der Waals surface area contributed by atoms with Gasteiger partial charge in [0.05, 0.1) is 4.88 Å². The van der Waals surface area contributed by atoms with Crippen molar-refractivity contribution in [2.45, 2.75) is 25.6 Å². The summed E-state index contributed by atoms with van der Waals surface area (Å²) in [5, 5.41) is 7.73. The number of carbonyl (C=O) groups is 2. The zero-order chi connectivity index (χ0) is 21.3. The predicted molar refractivity (Wildman–Crippen MR) is 121 cm³/mol. The number of benzene rings is 2. The lowest BCUT2D eigenvalue weighted by molar-refractivity contribution is -0.123. The molecule has 5 nitrogen and oxygen atoms in total. The summed E-state index contributed by atoms with van der Waals surface area (Å²) in [6.45, 7) is 1.26. The van der Waals surface area contributed by atoms with Crippen molar-refractivity contribution in [2.24, 2.45) is 0 Å². The SMILES string of the molecule is CN(C)Cc1cccc(CNC(=O)C(Cc2ccccc2)NC(=O)c2cccs2)c1. The molecule has 1 atom stereocenters. The Morgan fingerprint density at radius 3 is 2.37 bits per heavy atom. The first kappa shape index (κ1) is 21.7. The standard InChI is InChI=1S/C24H27N3O2S/c1-27(2)17-20-11-6-10-19(14-20)16-25-23(28)21(15-18-8-4-3-5-9-18)26-24(29)22-12-7-13-30-22/h3-14,21H,15-17H2,1-2H3,(H,25,28)(H,26,29). The first-order valence-corrected chi connectivity index (χ1v) is 10.8. The third-order valence-corrected chi connectivity index (χ3v) is 5.48. The number of nitrogens with one attached hydrogen (secondary N) is 2. The Hall–Kier alpha value is -2.96. The molecule has 0 spiro atoms. The molecule has 0 saturated heterocycles. The molecule has 2 N–H and O–H groups in total. The van der Waals surface area contributed by atoms with E-state index in [-0.39, 0.29) is 11.8 Å². The first-order valence-electron chi connectivity index (χ1n) is 9.90. The number of thiophene rings is 1. The molecule has 0 fully saturated rings. The largest absolute Gasteiger partial charge is 0.350 e. The van der Waals surface area contributed by atoms with Crippen LogP contribution in [0.5, 0.6) is 0 Å². The highest BCUT2D eigenvalue weighted by Crippen LogP contribution is 2.11. The van der Waals surface area contributed by atoms with Crippen LogP contribution in [-0.4, -0.2) is 36.9 Å². The van der Waals surface area contributed by atoms with Crippen LogP contribution in [0.3, 0.4) is 0 Å². The second kappa shape index (κ2) is 10.7. The van der Waals surface area contributed by atoms with Gasteiger partial charge in [-0.25, -0.2) is 0 Å². The first-order chi connectivity index (χ1) is 14.5. The minimum atomic E-state index is -0.646. The summed E-state index contributed by atoms with van der Waals surface area (Å²) < 4.78 is 0. The molecule has 0 saturated carbocycles. The summed E-state index contributed by atoms with van der Waals surface area (Å²) in [4.78, 5) is 28.2. The van der Waals surface area contributed by atoms with Gasteiger partial charge in [0.1, 0.15) is 6.04 Å². The van der Waals surface area contributed by atoms with Crippen LogP contribution in [0, 0.1) is 0 Å². The Balaban J connectivity index is 1.67. The van der Waals surface area contributed by atoms with Gasteiger partial charge < -0.3 is 15.5 Å². The maximum atomic E-state index is 13.0. The van der Waals surface area contributed by atoms with Crippen LogP contribution in [-0.2, 0) is 24.3 Å². The number of carbonyl (C=O) groups excluding carboxylic acids is 2. The number of nitrogens with zero attached hydrogens (tertiary/aromatic N) is 1. The van der Waals surface area contributed by atoms with Crippen molar-refractivity contribution < 1.29 is 9.59 Å². The van der Waals surface area contributed by atoms with Crippen molar-refractivity contribution in [1.82, 2.24) is 15.5 Å². The summed E-state index contributed by atoms with van der Waals surface area (Å²) in [6.07, 6.45) is 0.435. The van der Waals surface area contributed by atoms with Crippen LogP contribution in [0.15, 0.2) is 72.1 Å². The van der Waals surface area contributed by atoms with Gasteiger partial charge in [0.15, 0.2) is 0 Å². The minimum absolute atomic E-state index is 0.193. The highest BCUT2D eigenvalue weighted by Gasteiger charge is 2.22. The normalized spacial score (nSPS) is 11.8. The zero-order valence-corrected chi connectivity index (χ0v) is 18.1. The molecule has 0 bridgehead atoms. The summed E-state index contributed by atoms with van der Waals surface area (Å²) in [7, 11) is 4.05. The van der Waals surface area contributed by atoms with E-state index in [0.717, 1.165) is 17.7 Å². The van der Waals surface area contributed by atoms with Crippen molar-refractivity contribution >= 4 is 23.2 Å². The van der Waals surface area contributed by atoms with Crippen molar-refractivity contribution in [2.75, 3.05) is 14.1 Å². The second-order valence-electron chi connectivity index (χ2n) is 7.47. The maximum Gasteiger partial charge on any atom is 0.262 e. The Kier molecular flexibility index (Phi) is 7.76. The monoisotopic (exact) mass is 421 g/mol. The molecule has 0 aliphatic rings. The number of rotatable bonds is 9. The predicted octanol–water partition coefficient (Wildman–Crippen LogP) is 3.47. The zero-order valence-electron chi connectivity index (χ0n) is 17.3. The smallest absolute Gasteiger partial charge is 0.262 e. The quantitative estimate of drug-likeness (QED) is 0.556. The molecule has 1 aromatic heterocycles. The lowest BCUT2D eigenvalue weighted by Gasteiger charge is -2.19. The molecular formula is C24H27N3O2S. The second-order valence-corrected chi connectivity index (χ2v) is 8.42. The summed E-state index contributed by atoms with van der Waals surface area (Å²) in [5.41, 5.74) is 3.22. The van der Waals surface area contributed by atoms with E-state index in [9.17, 15) is 9.59 Å². The maximum absolute atomic E-state index is 13.0. The molecule has 3 aromatic rings. The minimum Gasteiger partial charge on any atom is -0.350 e. The topological polar surface area (TPSA) is 61.4 Å². The van der Waals surface area contributed by atoms with E-state index < -0.39 is 6.04 Å². The highest BCUT2D eigenvalue weighted by molar-refractivity contribution is 7.12. The van der Waals surface area contributed by atoms with E-state index in [1.807, 2.05) is 68.0 Å². The van der Waals surface area contributed by atoms with Crippen LogP contribution in [0.25, 0.3) is 0 Å². The molecule has 2 aromatic carbocycles. The fourth-order valence-electron chi connectivity index (χ4n) is 3.21. The van der Waals surface area contributed by atoms with Gasteiger partial charge in [-0.1, -0.05) is 60.7 Å². The summed E-state index contributed by atoms with van der Waals surface area (Å²) >= 11 is 1.36. The third-order valence-electron chi connectivity index (χ3n) is 4.61. The van der Waals surface area contributed by atoms with Crippen LogP contribution in [0.1, 0.15) is 26.4 Å². The average molecular weight is 422 g/mol. The highest BCUT2D eigenvalue weighted by atomic mass is 32.1. The molecule has 1 heterocycles. The van der Waals surface area contributed by atoms with Crippen LogP contribution < -0.4 is 10.6 Å². The van der Waals surface area contributed by atoms with E-state index in [0.29, 0.717) is 17.8 Å². The van der Waals surface area contributed by atoms with Crippen LogP contribution in [0.4, 0.5) is 0 Å². The van der Waals surface area contributed by atoms with Gasteiger partial charge in [0, 0.05) is 19.5 Å². The molecule has 30 heavy (non-hydrogen) atoms. The van der Waals surface area contributed by atoms with Crippen molar-refractivity contribution in [1.29, 1.82) is 0 Å². The van der Waals surface area contributed by atoms with E-state index in [4.69, 9.17) is 0 Å². The van der Waals surface area contributed by atoms with E-state index >= 15 is 0 Å².